The molecule has 1 fully saturated rings. The number of aromatic nitrogens is 2. The summed E-state index contributed by atoms with van der Waals surface area (Å²) in [5.74, 6) is 1.09. The molecule has 0 radical (unpaired) electrons. The van der Waals surface area contributed by atoms with Crippen molar-refractivity contribution in [3.63, 3.8) is 0 Å². The molecule has 0 N–H and O–H groups in total. The average Bonchev–Trinajstić information content (AvgIpc) is 2.84. The van der Waals surface area contributed by atoms with Crippen LogP contribution in [-0.4, -0.2) is 72.6 Å². The number of benzene rings is 1. The Labute approximate surface area is 210 Å². The largest absolute Gasteiger partial charge is 0.352 e. The van der Waals surface area contributed by atoms with Gasteiger partial charge in [-0.25, -0.2) is 18.4 Å². The number of sulfonamides is 1. The molecule has 2 heterocycles. The van der Waals surface area contributed by atoms with E-state index in [0.29, 0.717) is 19.6 Å². The van der Waals surface area contributed by atoms with Gasteiger partial charge in [0.15, 0.2) is 0 Å². The average molecular weight is 497 g/mol. The van der Waals surface area contributed by atoms with E-state index in [0.717, 1.165) is 43.1 Å². The van der Waals surface area contributed by atoms with E-state index >= 15 is 0 Å². The Morgan fingerprint density at radius 2 is 1.80 bits per heavy atom. The molecule has 0 amide bonds. The lowest BCUT2D eigenvalue weighted by Crippen LogP contribution is -2.48. The molecular weight excluding hydrogens is 460 g/mol. The molecule has 0 saturated carbocycles. The van der Waals surface area contributed by atoms with E-state index in [9.17, 15) is 13.7 Å². The minimum Gasteiger partial charge on any atom is -0.352 e. The molecule has 0 spiro atoms. The summed E-state index contributed by atoms with van der Waals surface area (Å²) < 4.78 is 25.6. The lowest BCUT2D eigenvalue weighted by Gasteiger charge is -2.33. The molecule has 1 aliphatic heterocycles. The fourth-order valence-corrected chi connectivity index (χ4v) is 5.12. The molecule has 8 nitrogen and oxygen atoms in total. The van der Waals surface area contributed by atoms with Crippen LogP contribution >= 0.6 is 0 Å². The standard InChI is InChI=1S/C26H36N6O2S/c1-5-35(33,34)32-17-15-30(16-18-32)14-6-7-22-8-10-23(11-9-22)20-31(21-26(2,3)4)25-12-13-28-24(19-27)29-25/h6-13H,5,14-18,20-21H2,1-4H3/b7-6+. The molecule has 1 aromatic carbocycles. The van der Waals surface area contributed by atoms with Gasteiger partial charge in [0.05, 0.1) is 5.75 Å². The lowest BCUT2D eigenvalue weighted by molar-refractivity contribution is 0.205. The Balaban J connectivity index is 1.58. The number of hydrogen-bond donors (Lipinski definition) is 0. The fraction of sp³-hybridized carbons (Fsp3) is 0.500. The van der Waals surface area contributed by atoms with Crippen LogP contribution in [0.5, 0.6) is 0 Å². The number of nitrogens with zero attached hydrogens (tertiary/aromatic N) is 6. The minimum atomic E-state index is -3.09. The van der Waals surface area contributed by atoms with Gasteiger partial charge in [0.1, 0.15) is 11.9 Å². The monoisotopic (exact) mass is 496 g/mol. The Kier molecular flexibility index (Phi) is 9.00. The molecule has 188 valence electrons. The van der Waals surface area contributed by atoms with Crippen molar-refractivity contribution in [1.82, 2.24) is 19.2 Å². The van der Waals surface area contributed by atoms with Crippen molar-refractivity contribution in [2.75, 3.05) is 49.9 Å². The van der Waals surface area contributed by atoms with Gasteiger partial charge in [-0.2, -0.15) is 9.57 Å². The summed E-state index contributed by atoms with van der Waals surface area (Å²) in [6.07, 6.45) is 5.87. The van der Waals surface area contributed by atoms with Crippen molar-refractivity contribution in [2.24, 2.45) is 5.41 Å². The highest BCUT2D eigenvalue weighted by atomic mass is 32.2. The first-order chi connectivity index (χ1) is 16.6. The summed E-state index contributed by atoms with van der Waals surface area (Å²) in [6, 6.07) is 12.3. The van der Waals surface area contributed by atoms with Gasteiger partial charge in [-0.15, -0.1) is 0 Å². The summed E-state index contributed by atoms with van der Waals surface area (Å²) in [5.41, 5.74) is 2.35. The normalized spacial score (nSPS) is 15.9. The zero-order valence-corrected chi connectivity index (χ0v) is 22.0. The lowest BCUT2D eigenvalue weighted by atomic mass is 9.95. The summed E-state index contributed by atoms with van der Waals surface area (Å²) in [6.45, 7) is 13.2. The Morgan fingerprint density at radius 1 is 1.11 bits per heavy atom. The number of anilines is 1. The predicted molar refractivity (Wildman–Crippen MR) is 140 cm³/mol. The van der Waals surface area contributed by atoms with Gasteiger partial charge in [0.25, 0.3) is 0 Å². The van der Waals surface area contributed by atoms with Gasteiger partial charge in [-0.05, 0) is 29.5 Å². The maximum Gasteiger partial charge on any atom is 0.234 e. The molecular formula is C26H36N6O2S. The van der Waals surface area contributed by atoms with E-state index < -0.39 is 10.0 Å². The minimum absolute atomic E-state index is 0.0621. The first-order valence-corrected chi connectivity index (χ1v) is 13.6. The quantitative estimate of drug-likeness (QED) is 0.525. The third kappa shape index (κ3) is 8.13. The van der Waals surface area contributed by atoms with E-state index in [1.807, 2.05) is 12.1 Å². The molecule has 1 saturated heterocycles. The topological polar surface area (TPSA) is 93.4 Å². The smallest absolute Gasteiger partial charge is 0.234 e. The molecule has 9 heteroatoms. The highest BCUT2D eigenvalue weighted by Crippen LogP contribution is 2.22. The SMILES string of the molecule is CCS(=O)(=O)N1CCN(C/C=C/c2ccc(CN(CC(C)(C)C)c3ccnc(C#N)n3)cc2)CC1. The molecule has 3 rings (SSSR count). The molecule has 0 atom stereocenters. The van der Waals surface area contributed by atoms with Gasteiger partial charge < -0.3 is 4.90 Å². The molecule has 0 bridgehead atoms. The summed E-state index contributed by atoms with van der Waals surface area (Å²) in [5, 5.41) is 9.18. The van der Waals surface area contributed by atoms with Gasteiger partial charge in [-0.3, -0.25) is 4.90 Å². The van der Waals surface area contributed by atoms with Gasteiger partial charge in [-0.1, -0.05) is 57.2 Å². The highest BCUT2D eigenvalue weighted by Gasteiger charge is 2.24. The number of rotatable bonds is 9. The Morgan fingerprint density at radius 3 is 2.40 bits per heavy atom. The Hall–Kier alpha value is -2.80. The van der Waals surface area contributed by atoms with Gasteiger partial charge >= 0.3 is 0 Å². The van der Waals surface area contributed by atoms with Crippen LogP contribution in [0.3, 0.4) is 0 Å². The van der Waals surface area contributed by atoms with E-state index in [1.165, 1.54) is 0 Å². The summed E-state index contributed by atoms with van der Waals surface area (Å²) in [4.78, 5) is 12.9. The van der Waals surface area contributed by atoms with Crippen molar-refractivity contribution < 1.29 is 8.42 Å². The number of hydrogen-bond acceptors (Lipinski definition) is 7. The van der Waals surface area contributed by atoms with Crippen molar-refractivity contribution in [1.29, 1.82) is 5.26 Å². The van der Waals surface area contributed by atoms with Crippen LogP contribution < -0.4 is 4.90 Å². The fourth-order valence-electron chi connectivity index (χ4n) is 4.03. The van der Waals surface area contributed by atoms with Crippen LogP contribution in [0.2, 0.25) is 0 Å². The maximum absolute atomic E-state index is 12.0. The second-order valence-electron chi connectivity index (χ2n) is 10.0. The summed E-state index contributed by atoms with van der Waals surface area (Å²) >= 11 is 0. The number of nitriles is 1. The first kappa shape index (κ1) is 26.8. The first-order valence-electron chi connectivity index (χ1n) is 12.0. The molecule has 0 aliphatic carbocycles. The predicted octanol–water partition coefficient (Wildman–Crippen LogP) is 3.38. The van der Waals surface area contributed by atoms with E-state index in [2.05, 4.69) is 77.0 Å². The van der Waals surface area contributed by atoms with Crippen LogP contribution in [0, 0.1) is 16.7 Å². The zero-order valence-electron chi connectivity index (χ0n) is 21.2. The van der Waals surface area contributed by atoms with Crippen molar-refractivity contribution >= 4 is 21.9 Å². The van der Waals surface area contributed by atoms with Crippen molar-refractivity contribution in [2.45, 2.75) is 34.2 Å². The van der Waals surface area contributed by atoms with Crippen LogP contribution in [0.25, 0.3) is 6.08 Å². The van der Waals surface area contributed by atoms with Crippen LogP contribution in [0.4, 0.5) is 5.82 Å². The molecule has 0 unspecified atom stereocenters. The van der Waals surface area contributed by atoms with E-state index in [-0.39, 0.29) is 17.0 Å². The summed E-state index contributed by atoms with van der Waals surface area (Å²) in [7, 11) is -3.09. The van der Waals surface area contributed by atoms with Crippen LogP contribution in [0.15, 0.2) is 42.6 Å². The number of piperazine rings is 1. The van der Waals surface area contributed by atoms with Gasteiger partial charge in [0, 0.05) is 52.0 Å². The van der Waals surface area contributed by atoms with Crippen LogP contribution in [0.1, 0.15) is 44.6 Å². The molecule has 2 aromatic rings. The second-order valence-corrected chi connectivity index (χ2v) is 12.3. The van der Waals surface area contributed by atoms with E-state index in [1.54, 1.807) is 17.4 Å². The third-order valence-electron chi connectivity index (χ3n) is 5.85. The zero-order chi connectivity index (χ0) is 25.5. The highest BCUT2D eigenvalue weighted by molar-refractivity contribution is 7.89. The van der Waals surface area contributed by atoms with E-state index in [4.69, 9.17) is 0 Å². The Bertz CT molecular complexity index is 1140. The van der Waals surface area contributed by atoms with Crippen LogP contribution in [-0.2, 0) is 16.6 Å². The molecule has 1 aromatic heterocycles. The van der Waals surface area contributed by atoms with Crippen molar-refractivity contribution in [3.8, 4) is 6.07 Å². The van der Waals surface area contributed by atoms with Gasteiger partial charge in [0.2, 0.25) is 15.8 Å². The maximum atomic E-state index is 12.0. The molecule has 1 aliphatic rings. The molecule has 35 heavy (non-hydrogen) atoms. The third-order valence-corrected chi connectivity index (χ3v) is 7.73. The second kappa shape index (κ2) is 11.8. The van der Waals surface area contributed by atoms with Crippen molar-refractivity contribution in [3.05, 3.63) is 59.6 Å².